The number of nitrogens with one attached hydrogen (secondary N) is 1. The second-order valence-electron chi connectivity index (χ2n) is 4.20. The molecule has 0 radical (unpaired) electrons. The molecule has 4 nitrogen and oxygen atoms in total. The van der Waals surface area contributed by atoms with Crippen molar-refractivity contribution in [1.29, 1.82) is 0 Å². The van der Waals surface area contributed by atoms with Gasteiger partial charge in [-0.15, -0.1) is 0 Å². The van der Waals surface area contributed by atoms with Gasteiger partial charge in [-0.1, -0.05) is 18.2 Å². The number of carboxylic acids is 1. The first-order valence-corrected chi connectivity index (χ1v) is 5.52. The third kappa shape index (κ3) is 3.31. The van der Waals surface area contributed by atoms with Crippen molar-refractivity contribution < 1.29 is 14.7 Å². The summed E-state index contributed by atoms with van der Waals surface area (Å²) in [5.74, 6) is -1.76. The molecule has 4 heteroatoms. The van der Waals surface area contributed by atoms with Crippen LogP contribution in [0.3, 0.4) is 0 Å². The summed E-state index contributed by atoms with van der Waals surface area (Å²) < 4.78 is 0. The number of benzene rings is 1. The summed E-state index contributed by atoms with van der Waals surface area (Å²) in [6.07, 6.45) is 0. The first-order chi connectivity index (χ1) is 7.93. The van der Waals surface area contributed by atoms with Gasteiger partial charge in [0.05, 0.1) is 5.92 Å². The van der Waals surface area contributed by atoms with Crippen molar-refractivity contribution in [3.8, 4) is 0 Å². The van der Waals surface area contributed by atoms with Gasteiger partial charge in [0, 0.05) is 11.6 Å². The number of amides is 1. The van der Waals surface area contributed by atoms with Gasteiger partial charge in [-0.3, -0.25) is 9.59 Å². The van der Waals surface area contributed by atoms with Crippen LogP contribution in [0.2, 0.25) is 0 Å². The van der Waals surface area contributed by atoms with E-state index in [1.807, 2.05) is 19.1 Å². The number of hydrogen-bond donors (Lipinski definition) is 2. The van der Waals surface area contributed by atoms with Crippen molar-refractivity contribution in [2.24, 2.45) is 5.92 Å². The fourth-order valence-electron chi connectivity index (χ4n) is 1.45. The monoisotopic (exact) mass is 235 g/mol. The van der Waals surface area contributed by atoms with Gasteiger partial charge in [0.15, 0.2) is 0 Å². The molecule has 0 spiro atoms. The van der Waals surface area contributed by atoms with Crippen LogP contribution >= 0.6 is 0 Å². The van der Waals surface area contributed by atoms with Gasteiger partial charge < -0.3 is 10.4 Å². The van der Waals surface area contributed by atoms with Gasteiger partial charge in [0.1, 0.15) is 0 Å². The highest BCUT2D eigenvalue weighted by atomic mass is 16.4. The highest BCUT2D eigenvalue weighted by Crippen LogP contribution is 2.09. The fraction of sp³-hybridized carbons (Fsp3) is 0.385. The molecule has 1 amide bonds. The van der Waals surface area contributed by atoms with Crippen LogP contribution in [0.1, 0.15) is 29.8 Å². The van der Waals surface area contributed by atoms with Gasteiger partial charge in [0.25, 0.3) is 5.91 Å². The minimum Gasteiger partial charge on any atom is -0.481 e. The molecular weight excluding hydrogens is 218 g/mol. The highest BCUT2D eigenvalue weighted by Gasteiger charge is 2.21. The smallest absolute Gasteiger partial charge is 0.308 e. The molecule has 1 aromatic rings. The molecule has 1 aromatic carbocycles. The molecule has 2 atom stereocenters. The highest BCUT2D eigenvalue weighted by molar-refractivity contribution is 5.96. The van der Waals surface area contributed by atoms with E-state index in [4.69, 9.17) is 5.11 Å². The Kier molecular flexibility index (Phi) is 4.26. The third-order valence-corrected chi connectivity index (χ3v) is 2.89. The SMILES string of the molecule is Cc1ccccc1C(=O)NC(C)C(C)C(=O)O. The zero-order valence-corrected chi connectivity index (χ0v) is 10.2. The van der Waals surface area contributed by atoms with Crippen molar-refractivity contribution in [2.75, 3.05) is 0 Å². The van der Waals surface area contributed by atoms with E-state index in [2.05, 4.69) is 5.32 Å². The largest absolute Gasteiger partial charge is 0.481 e. The lowest BCUT2D eigenvalue weighted by atomic mass is 10.0. The predicted molar refractivity (Wildman–Crippen MR) is 64.9 cm³/mol. The zero-order chi connectivity index (χ0) is 13.0. The minimum absolute atomic E-state index is 0.233. The first-order valence-electron chi connectivity index (χ1n) is 5.52. The van der Waals surface area contributed by atoms with Gasteiger partial charge in [0.2, 0.25) is 0 Å². The summed E-state index contributed by atoms with van der Waals surface area (Å²) >= 11 is 0. The van der Waals surface area contributed by atoms with Gasteiger partial charge in [-0.25, -0.2) is 0 Å². The summed E-state index contributed by atoms with van der Waals surface area (Å²) in [6.45, 7) is 5.11. The van der Waals surface area contributed by atoms with Crippen LogP contribution in [0, 0.1) is 12.8 Å². The van der Waals surface area contributed by atoms with E-state index in [1.165, 1.54) is 0 Å². The number of aryl methyl sites for hydroxylation is 1. The molecule has 92 valence electrons. The van der Waals surface area contributed by atoms with Crippen LogP contribution < -0.4 is 5.32 Å². The summed E-state index contributed by atoms with van der Waals surface area (Å²) in [7, 11) is 0. The maximum Gasteiger partial charge on any atom is 0.308 e. The summed E-state index contributed by atoms with van der Waals surface area (Å²) in [5, 5.41) is 11.5. The maximum atomic E-state index is 11.9. The summed E-state index contributed by atoms with van der Waals surface area (Å²) in [5.41, 5.74) is 1.46. The Bertz CT molecular complexity index is 428. The van der Waals surface area contributed by atoms with E-state index < -0.39 is 17.9 Å². The first kappa shape index (κ1) is 13.2. The van der Waals surface area contributed by atoms with Crippen LogP contribution in [-0.4, -0.2) is 23.0 Å². The lowest BCUT2D eigenvalue weighted by Crippen LogP contribution is -2.40. The molecule has 2 unspecified atom stereocenters. The normalized spacial score (nSPS) is 13.8. The van der Waals surface area contributed by atoms with E-state index in [9.17, 15) is 9.59 Å². The Labute approximate surface area is 101 Å². The molecular formula is C13H17NO3. The molecule has 2 N–H and O–H groups in total. The predicted octanol–water partition coefficient (Wildman–Crippen LogP) is 1.83. The van der Waals surface area contributed by atoms with Crippen LogP contribution in [0.15, 0.2) is 24.3 Å². The van der Waals surface area contributed by atoms with E-state index in [0.717, 1.165) is 5.56 Å². The Hall–Kier alpha value is -1.84. The van der Waals surface area contributed by atoms with Crippen LogP contribution in [-0.2, 0) is 4.79 Å². The number of hydrogen-bond acceptors (Lipinski definition) is 2. The van der Waals surface area contributed by atoms with Crippen molar-refractivity contribution in [3.63, 3.8) is 0 Å². The van der Waals surface area contributed by atoms with E-state index in [-0.39, 0.29) is 5.91 Å². The lowest BCUT2D eigenvalue weighted by molar-refractivity contribution is -0.141. The summed E-state index contributed by atoms with van der Waals surface area (Å²) in [4.78, 5) is 22.7. The number of rotatable bonds is 4. The van der Waals surface area contributed by atoms with E-state index in [0.29, 0.717) is 5.56 Å². The lowest BCUT2D eigenvalue weighted by Gasteiger charge is -2.18. The Morgan fingerprint density at radius 1 is 1.24 bits per heavy atom. The topological polar surface area (TPSA) is 66.4 Å². The molecule has 0 bridgehead atoms. The van der Waals surface area contributed by atoms with Gasteiger partial charge in [-0.05, 0) is 32.4 Å². The fourth-order valence-corrected chi connectivity index (χ4v) is 1.45. The molecule has 0 aliphatic carbocycles. The third-order valence-electron chi connectivity index (χ3n) is 2.89. The van der Waals surface area contributed by atoms with Crippen LogP contribution in [0.4, 0.5) is 0 Å². The average Bonchev–Trinajstić information content (AvgIpc) is 2.28. The van der Waals surface area contributed by atoms with Gasteiger partial charge >= 0.3 is 5.97 Å². The number of carbonyl (C=O) groups is 2. The Balaban J connectivity index is 2.74. The quantitative estimate of drug-likeness (QED) is 0.836. The molecule has 0 saturated heterocycles. The zero-order valence-electron chi connectivity index (χ0n) is 10.2. The average molecular weight is 235 g/mol. The molecule has 1 rings (SSSR count). The number of aliphatic carboxylic acids is 1. The molecule has 0 aliphatic heterocycles. The van der Waals surface area contributed by atoms with E-state index >= 15 is 0 Å². The molecule has 0 aromatic heterocycles. The summed E-state index contributed by atoms with van der Waals surface area (Å²) in [6, 6.07) is 6.81. The standard InChI is InChI=1S/C13H17NO3/c1-8-6-4-5-7-11(8)12(15)14-10(3)9(2)13(16)17/h4-7,9-10H,1-3H3,(H,14,15)(H,16,17). The number of carbonyl (C=O) groups excluding carboxylic acids is 1. The van der Waals surface area contributed by atoms with Crippen molar-refractivity contribution in [3.05, 3.63) is 35.4 Å². The van der Waals surface area contributed by atoms with Crippen molar-refractivity contribution >= 4 is 11.9 Å². The second-order valence-corrected chi connectivity index (χ2v) is 4.20. The van der Waals surface area contributed by atoms with Crippen molar-refractivity contribution in [1.82, 2.24) is 5.32 Å². The van der Waals surface area contributed by atoms with Crippen LogP contribution in [0.25, 0.3) is 0 Å². The van der Waals surface area contributed by atoms with Crippen LogP contribution in [0.5, 0.6) is 0 Å². The number of carboxylic acid groups (broad SMARTS) is 1. The maximum absolute atomic E-state index is 11.9. The molecule has 0 fully saturated rings. The van der Waals surface area contributed by atoms with E-state index in [1.54, 1.807) is 26.0 Å². The molecule has 0 saturated carbocycles. The molecule has 17 heavy (non-hydrogen) atoms. The Morgan fingerprint density at radius 2 is 1.82 bits per heavy atom. The molecule has 0 aliphatic rings. The van der Waals surface area contributed by atoms with Gasteiger partial charge in [-0.2, -0.15) is 0 Å². The molecule has 0 heterocycles. The van der Waals surface area contributed by atoms with Crippen molar-refractivity contribution in [2.45, 2.75) is 26.8 Å². The second kappa shape index (κ2) is 5.48. The minimum atomic E-state index is -0.914. The Morgan fingerprint density at radius 3 is 2.35 bits per heavy atom.